The van der Waals surface area contributed by atoms with E-state index >= 15 is 0 Å². The molecule has 1 heterocycles. The molecule has 0 aliphatic heterocycles. The summed E-state index contributed by atoms with van der Waals surface area (Å²) >= 11 is 1.24. The number of hydrogen-bond donors (Lipinski definition) is 1. The molecule has 0 atom stereocenters. The van der Waals surface area contributed by atoms with Gasteiger partial charge in [-0.25, -0.2) is 0 Å². The number of hydrogen-bond acceptors (Lipinski definition) is 5. The Labute approximate surface area is 187 Å². The van der Waals surface area contributed by atoms with Gasteiger partial charge in [0.15, 0.2) is 11.8 Å². The maximum atomic E-state index is 12.5. The van der Waals surface area contributed by atoms with Gasteiger partial charge in [-0.05, 0) is 30.5 Å². The van der Waals surface area contributed by atoms with Gasteiger partial charge in [0.1, 0.15) is 11.6 Å². The highest BCUT2D eigenvalue weighted by Gasteiger charge is 2.31. The summed E-state index contributed by atoms with van der Waals surface area (Å²) in [5.74, 6) is 0.937. The largest absolute Gasteiger partial charge is 0.482 e. The van der Waals surface area contributed by atoms with Crippen molar-refractivity contribution in [1.29, 1.82) is 0 Å². The van der Waals surface area contributed by atoms with E-state index < -0.39 is 12.8 Å². The van der Waals surface area contributed by atoms with E-state index in [1.54, 1.807) is 12.1 Å². The molecule has 1 aliphatic rings. The number of amides is 1. The maximum absolute atomic E-state index is 12.5. The number of carbonyl (C=O) groups excluding carboxylic acids is 1. The normalized spacial score (nSPS) is 13.7. The molecule has 1 aliphatic carbocycles. The second-order valence-corrected chi connectivity index (χ2v) is 8.37. The Morgan fingerprint density at radius 1 is 1.09 bits per heavy atom. The molecule has 4 rings (SSSR count). The Morgan fingerprint density at radius 3 is 2.53 bits per heavy atom. The molecule has 1 N–H and O–H groups in total. The molecule has 1 fully saturated rings. The summed E-state index contributed by atoms with van der Waals surface area (Å²) in [5.41, 5.74) is 1.29. The van der Waals surface area contributed by atoms with Gasteiger partial charge in [0.05, 0.1) is 18.0 Å². The molecule has 1 amide bonds. The van der Waals surface area contributed by atoms with Crippen molar-refractivity contribution >= 4 is 23.4 Å². The zero-order valence-electron chi connectivity index (χ0n) is 17.0. The molecule has 2 aromatic carbocycles. The number of thioether (sulfide) groups is 1. The van der Waals surface area contributed by atoms with Crippen LogP contribution in [0, 0.1) is 0 Å². The molecule has 0 bridgehead atoms. The molecule has 6 nitrogen and oxygen atoms in total. The van der Waals surface area contributed by atoms with Crippen molar-refractivity contribution in [3.63, 3.8) is 0 Å². The van der Waals surface area contributed by atoms with Crippen molar-refractivity contribution in [2.24, 2.45) is 0 Å². The van der Waals surface area contributed by atoms with Crippen LogP contribution < -0.4 is 10.1 Å². The van der Waals surface area contributed by atoms with Gasteiger partial charge >= 0.3 is 6.18 Å². The third kappa shape index (κ3) is 6.03. The van der Waals surface area contributed by atoms with E-state index in [0.717, 1.165) is 24.2 Å². The predicted molar refractivity (Wildman–Crippen MR) is 115 cm³/mol. The number of nitrogens with one attached hydrogen (secondary N) is 1. The topological polar surface area (TPSA) is 69.0 Å². The maximum Gasteiger partial charge on any atom is 0.422 e. The predicted octanol–water partition coefficient (Wildman–Crippen LogP) is 4.88. The number of alkyl halides is 3. The molecule has 0 radical (unpaired) electrons. The van der Waals surface area contributed by atoms with Crippen LogP contribution in [0.25, 0.3) is 0 Å². The number of anilines is 1. The number of benzene rings is 2. The summed E-state index contributed by atoms with van der Waals surface area (Å²) in [6.07, 6.45) is -2.31. The zero-order valence-corrected chi connectivity index (χ0v) is 17.8. The van der Waals surface area contributed by atoms with Crippen molar-refractivity contribution < 1.29 is 22.7 Å². The van der Waals surface area contributed by atoms with Gasteiger partial charge in [-0.3, -0.25) is 4.79 Å². The fourth-order valence-electron chi connectivity index (χ4n) is 3.14. The molecule has 0 saturated heterocycles. The zero-order chi connectivity index (χ0) is 22.6. The second-order valence-electron chi connectivity index (χ2n) is 7.42. The third-order valence-electron chi connectivity index (χ3n) is 4.76. The Kier molecular flexibility index (Phi) is 6.69. The molecule has 0 unspecified atom stereocenters. The highest BCUT2D eigenvalue weighted by molar-refractivity contribution is 7.99. The SMILES string of the molecule is O=C(CSc1nnc(C2CC2)n1Cc1ccccc1)Nc1ccccc1OCC(F)(F)F. The van der Waals surface area contributed by atoms with Gasteiger partial charge in [-0.2, -0.15) is 13.2 Å². The minimum Gasteiger partial charge on any atom is -0.482 e. The summed E-state index contributed by atoms with van der Waals surface area (Å²) in [6, 6.07) is 16.0. The van der Waals surface area contributed by atoms with Crippen molar-refractivity contribution in [2.45, 2.75) is 36.6 Å². The van der Waals surface area contributed by atoms with Gasteiger partial charge < -0.3 is 14.6 Å². The monoisotopic (exact) mass is 462 g/mol. The second kappa shape index (κ2) is 9.64. The first-order valence-corrected chi connectivity index (χ1v) is 11.1. The average Bonchev–Trinajstić information content (AvgIpc) is 3.53. The molecule has 1 saturated carbocycles. The summed E-state index contributed by atoms with van der Waals surface area (Å²) in [4.78, 5) is 12.5. The molecule has 1 aromatic heterocycles. The van der Waals surface area contributed by atoms with Crippen LogP contribution in [0.4, 0.5) is 18.9 Å². The van der Waals surface area contributed by atoms with Crippen LogP contribution in [-0.4, -0.2) is 39.2 Å². The minimum absolute atomic E-state index is 0.0329. The number of halogens is 3. The number of para-hydroxylation sites is 2. The van der Waals surface area contributed by atoms with Gasteiger partial charge in [0, 0.05) is 5.92 Å². The Bertz CT molecular complexity index is 1070. The van der Waals surface area contributed by atoms with Gasteiger partial charge in [0.25, 0.3) is 0 Å². The van der Waals surface area contributed by atoms with Crippen LogP contribution in [0.3, 0.4) is 0 Å². The van der Waals surface area contributed by atoms with Crippen LogP contribution in [0.1, 0.15) is 30.1 Å². The lowest BCUT2D eigenvalue weighted by Gasteiger charge is -2.14. The summed E-state index contributed by atoms with van der Waals surface area (Å²) < 4.78 is 44.3. The lowest BCUT2D eigenvalue weighted by molar-refractivity contribution is -0.153. The molecule has 168 valence electrons. The number of nitrogens with zero attached hydrogens (tertiary/aromatic N) is 3. The molecule has 32 heavy (non-hydrogen) atoms. The van der Waals surface area contributed by atoms with E-state index in [0.29, 0.717) is 17.6 Å². The molecular formula is C22H21F3N4O2S. The average molecular weight is 462 g/mol. The Morgan fingerprint density at radius 2 is 1.81 bits per heavy atom. The number of aromatic nitrogens is 3. The van der Waals surface area contributed by atoms with E-state index in [1.165, 1.54) is 23.9 Å². The van der Waals surface area contributed by atoms with Gasteiger partial charge in [0.2, 0.25) is 5.91 Å². The van der Waals surface area contributed by atoms with Crippen molar-refractivity contribution in [2.75, 3.05) is 17.7 Å². The fourth-order valence-corrected chi connectivity index (χ4v) is 3.88. The standard InChI is InChI=1S/C22H21F3N4O2S/c23-22(24,25)14-31-18-9-5-4-8-17(18)26-19(30)13-32-21-28-27-20(16-10-11-16)29(21)12-15-6-2-1-3-7-15/h1-9,16H,10-14H2,(H,26,30). The van der Waals surface area contributed by atoms with E-state index in [4.69, 9.17) is 4.74 Å². The third-order valence-corrected chi connectivity index (χ3v) is 5.72. The van der Waals surface area contributed by atoms with Gasteiger partial charge in [-0.15, -0.1) is 10.2 Å². The van der Waals surface area contributed by atoms with Crippen molar-refractivity contribution in [1.82, 2.24) is 14.8 Å². The lowest BCUT2D eigenvalue weighted by Crippen LogP contribution is -2.21. The number of carbonyl (C=O) groups is 1. The van der Waals surface area contributed by atoms with Crippen LogP contribution >= 0.6 is 11.8 Å². The highest BCUT2D eigenvalue weighted by Crippen LogP contribution is 2.40. The van der Waals surface area contributed by atoms with Crippen LogP contribution in [0.2, 0.25) is 0 Å². The van der Waals surface area contributed by atoms with Gasteiger partial charge in [-0.1, -0.05) is 54.2 Å². The van der Waals surface area contributed by atoms with E-state index in [-0.39, 0.29) is 23.1 Å². The summed E-state index contributed by atoms with van der Waals surface area (Å²) in [7, 11) is 0. The number of rotatable bonds is 9. The van der Waals surface area contributed by atoms with Crippen LogP contribution in [0.5, 0.6) is 5.75 Å². The smallest absolute Gasteiger partial charge is 0.422 e. The molecule has 0 spiro atoms. The first kappa shape index (κ1) is 22.2. The van der Waals surface area contributed by atoms with E-state index in [1.807, 2.05) is 34.9 Å². The summed E-state index contributed by atoms with van der Waals surface area (Å²) in [5, 5.41) is 11.9. The molecule has 3 aromatic rings. The van der Waals surface area contributed by atoms with Crippen molar-refractivity contribution in [3.05, 3.63) is 66.0 Å². The Balaban J connectivity index is 1.41. The minimum atomic E-state index is -4.46. The fraction of sp³-hybridized carbons (Fsp3) is 0.318. The van der Waals surface area contributed by atoms with Crippen LogP contribution in [-0.2, 0) is 11.3 Å². The molecular weight excluding hydrogens is 441 g/mol. The highest BCUT2D eigenvalue weighted by atomic mass is 32.2. The first-order chi connectivity index (χ1) is 15.4. The molecule has 10 heteroatoms. The van der Waals surface area contributed by atoms with Crippen molar-refractivity contribution in [3.8, 4) is 5.75 Å². The quantitative estimate of drug-likeness (QED) is 0.459. The van der Waals surface area contributed by atoms with E-state index in [9.17, 15) is 18.0 Å². The van der Waals surface area contributed by atoms with E-state index in [2.05, 4.69) is 15.5 Å². The first-order valence-electron chi connectivity index (χ1n) is 10.1. The van der Waals surface area contributed by atoms with Crippen LogP contribution in [0.15, 0.2) is 59.8 Å². The lowest BCUT2D eigenvalue weighted by atomic mass is 10.2. The number of ether oxygens (including phenoxy) is 1. The summed E-state index contributed by atoms with van der Waals surface area (Å²) in [6.45, 7) is -0.821. The Hall–Kier alpha value is -3.01.